The Hall–Kier alpha value is -0.600. The zero-order valence-electron chi connectivity index (χ0n) is 20.5. The first-order valence-electron chi connectivity index (χ1n) is 13.0. The standard InChI is InChI=1S/C26H42O2.C2H6/c1-17(2)6-5-7-24(28)23-11-10-21-20-9-8-18-16-19(27)12-14-25(18,3)22(20)13-15-26(21,23)4;1-2/h5,7-8,17,19-24,27-28H,6,9-16H2,1-4H3;1-2H3/b7-5+;/t19-,20?,21-,22-,23?,24?,25-,26-;/m0./s1. The molecule has 0 amide bonds. The normalized spacial score (nSPS) is 43.9. The Balaban J connectivity index is 0.00000124. The maximum Gasteiger partial charge on any atom is 0.0754 e. The number of rotatable bonds is 4. The molecule has 0 spiro atoms. The van der Waals surface area contributed by atoms with Crippen LogP contribution in [0.1, 0.15) is 99.3 Å². The molecule has 2 N–H and O–H groups in total. The van der Waals surface area contributed by atoms with Crippen molar-refractivity contribution in [3.8, 4) is 0 Å². The average molecular weight is 417 g/mol. The third-order valence-electron chi connectivity index (χ3n) is 9.50. The molecule has 4 aliphatic carbocycles. The van der Waals surface area contributed by atoms with Gasteiger partial charge in [-0.05, 0) is 98.2 Å². The molecule has 0 radical (unpaired) electrons. The van der Waals surface area contributed by atoms with Gasteiger partial charge in [-0.3, -0.25) is 0 Å². The van der Waals surface area contributed by atoms with E-state index in [1.54, 1.807) is 5.57 Å². The summed E-state index contributed by atoms with van der Waals surface area (Å²) in [5, 5.41) is 21.2. The minimum absolute atomic E-state index is 0.117. The van der Waals surface area contributed by atoms with Gasteiger partial charge in [0.05, 0.1) is 12.2 Å². The van der Waals surface area contributed by atoms with Crippen LogP contribution in [0, 0.1) is 40.4 Å². The van der Waals surface area contributed by atoms with Gasteiger partial charge in [0.15, 0.2) is 0 Å². The van der Waals surface area contributed by atoms with Crippen LogP contribution in [-0.4, -0.2) is 22.4 Å². The minimum Gasteiger partial charge on any atom is -0.393 e. The van der Waals surface area contributed by atoms with Gasteiger partial charge in [-0.15, -0.1) is 0 Å². The van der Waals surface area contributed by atoms with Crippen LogP contribution in [0.5, 0.6) is 0 Å². The van der Waals surface area contributed by atoms with Crippen molar-refractivity contribution in [2.45, 2.75) is 112 Å². The van der Waals surface area contributed by atoms with Gasteiger partial charge in [0.1, 0.15) is 0 Å². The van der Waals surface area contributed by atoms with Crippen LogP contribution in [0.3, 0.4) is 0 Å². The van der Waals surface area contributed by atoms with E-state index < -0.39 is 0 Å². The summed E-state index contributed by atoms with van der Waals surface area (Å²) in [4.78, 5) is 0. The van der Waals surface area contributed by atoms with Gasteiger partial charge in [-0.2, -0.15) is 0 Å². The molecule has 0 aliphatic heterocycles. The molecule has 30 heavy (non-hydrogen) atoms. The molecule has 0 bridgehead atoms. The Labute approximate surface area is 186 Å². The van der Waals surface area contributed by atoms with Crippen molar-refractivity contribution < 1.29 is 10.2 Å². The molecule has 4 aliphatic rings. The lowest BCUT2D eigenvalue weighted by Gasteiger charge is -2.58. The molecule has 3 fully saturated rings. The largest absolute Gasteiger partial charge is 0.393 e. The van der Waals surface area contributed by atoms with Crippen molar-refractivity contribution in [3.05, 3.63) is 23.8 Å². The number of aliphatic hydroxyl groups is 2. The van der Waals surface area contributed by atoms with E-state index in [0.717, 1.165) is 43.4 Å². The Kier molecular flexibility index (Phi) is 7.61. The van der Waals surface area contributed by atoms with Gasteiger partial charge in [-0.1, -0.05) is 65.3 Å². The summed E-state index contributed by atoms with van der Waals surface area (Å²) in [5.74, 6) is 3.40. The summed E-state index contributed by atoms with van der Waals surface area (Å²) >= 11 is 0. The fraction of sp³-hybridized carbons (Fsp3) is 0.857. The monoisotopic (exact) mass is 416 g/mol. The third-order valence-corrected chi connectivity index (χ3v) is 9.50. The van der Waals surface area contributed by atoms with Crippen molar-refractivity contribution in [1.29, 1.82) is 0 Å². The van der Waals surface area contributed by atoms with Gasteiger partial charge in [-0.25, -0.2) is 0 Å². The van der Waals surface area contributed by atoms with E-state index in [2.05, 4.69) is 45.9 Å². The van der Waals surface area contributed by atoms with Crippen LogP contribution in [0.15, 0.2) is 23.8 Å². The second-order valence-electron chi connectivity index (χ2n) is 11.4. The first-order valence-corrected chi connectivity index (χ1v) is 13.0. The maximum atomic E-state index is 11.0. The number of fused-ring (bicyclic) bond motifs is 5. The minimum atomic E-state index is -0.277. The van der Waals surface area contributed by atoms with Gasteiger partial charge in [0.2, 0.25) is 0 Å². The fourth-order valence-corrected chi connectivity index (χ4v) is 7.87. The van der Waals surface area contributed by atoms with Crippen LogP contribution < -0.4 is 0 Å². The molecule has 4 rings (SSSR count). The van der Waals surface area contributed by atoms with Crippen molar-refractivity contribution in [2.24, 2.45) is 40.4 Å². The first-order chi connectivity index (χ1) is 14.3. The fourth-order valence-electron chi connectivity index (χ4n) is 7.87. The molecule has 3 saturated carbocycles. The number of aliphatic hydroxyl groups excluding tert-OH is 2. The van der Waals surface area contributed by atoms with Gasteiger partial charge >= 0.3 is 0 Å². The molecular weight excluding hydrogens is 368 g/mol. The predicted octanol–water partition coefficient (Wildman–Crippen LogP) is 6.92. The average Bonchev–Trinajstić information content (AvgIpc) is 3.07. The summed E-state index contributed by atoms with van der Waals surface area (Å²) < 4.78 is 0. The highest BCUT2D eigenvalue weighted by Gasteiger charge is 2.59. The second kappa shape index (κ2) is 9.49. The van der Waals surface area contributed by atoms with E-state index >= 15 is 0 Å². The van der Waals surface area contributed by atoms with Crippen LogP contribution in [0.2, 0.25) is 0 Å². The second-order valence-corrected chi connectivity index (χ2v) is 11.4. The highest BCUT2D eigenvalue weighted by Crippen LogP contribution is 2.66. The van der Waals surface area contributed by atoms with Crippen LogP contribution in [-0.2, 0) is 0 Å². The molecule has 2 heteroatoms. The summed E-state index contributed by atoms with van der Waals surface area (Å²) in [6.45, 7) is 13.5. The summed E-state index contributed by atoms with van der Waals surface area (Å²) in [6, 6.07) is 0. The molecule has 0 aromatic heterocycles. The molecule has 0 heterocycles. The van der Waals surface area contributed by atoms with Crippen molar-refractivity contribution >= 4 is 0 Å². The molecular formula is C28H48O2. The molecule has 0 aromatic rings. The lowest BCUT2D eigenvalue weighted by molar-refractivity contribution is -0.0639. The molecule has 0 aromatic carbocycles. The van der Waals surface area contributed by atoms with Gasteiger partial charge in [0.25, 0.3) is 0 Å². The molecule has 0 saturated heterocycles. The summed E-state index contributed by atoms with van der Waals surface area (Å²) in [7, 11) is 0. The number of hydrogen-bond acceptors (Lipinski definition) is 2. The first kappa shape index (κ1) is 24.1. The van der Waals surface area contributed by atoms with E-state index in [9.17, 15) is 10.2 Å². The number of hydrogen-bond donors (Lipinski definition) is 2. The Morgan fingerprint density at radius 3 is 2.50 bits per heavy atom. The van der Waals surface area contributed by atoms with Crippen LogP contribution >= 0.6 is 0 Å². The Morgan fingerprint density at radius 2 is 1.80 bits per heavy atom. The quantitative estimate of drug-likeness (QED) is 0.488. The van der Waals surface area contributed by atoms with Crippen molar-refractivity contribution in [3.63, 3.8) is 0 Å². The lowest BCUT2D eigenvalue weighted by Crippen LogP contribution is -2.51. The van der Waals surface area contributed by atoms with E-state index in [1.807, 2.05) is 13.8 Å². The molecule has 3 unspecified atom stereocenters. The van der Waals surface area contributed by atoms with E-state index in [0.29, 0.717) is 22.7 Å². The maximum absolute atomic E-state index is 11.0. The summed E-state index contributed by atoms with van der Waals surface area (Å²) in [6.07, 6.45) is 16.8. The number of allylic oxidation sites excluding steroid dienone is 2. The SMILES string of the molecule is CC.CC(C)C/C=C/C(O)C1CC[C@H]2C3CC=C4C[C@@H](O)CC[C@]4(C)[C@H]3CC[C@]12C. The van der Waals surface area contributed by atoms with E-state index in [1.165, 1.54) is 32.1 Å². The topological polar surface area (TPSA) is 40.5 Å². The smallest absolute Gasteiger partial charge is 0.0754 e. The van der Waals surface area contributed by atoms with Crippen molar-refractivity contribution in [1.82, 2.24) is 0 Å². The van der Waals surface area contributed by atoms with Gasteiger partial charge in [0, 0.05) is 0 Å². The van der Waals surface area contributed by atoms with Crippen molar-refractivity contribution in [2.75, 3.05) is 0 Å². The Bertz CT molecular complexity index is 635. The summed E-state index contributed by atoms with van der Waals surface area (Å²) in [5.41, 5.74) is 2.16. The van der Waals surface area contributed by atoms with Gasteiger partial charge < -0.3 is 10.2 Å². The zero-order valence-corrected chi connectivity index (χ0v) is 20.5. The zero-order chi connectivity index (χ0) is 22.1. The van der Waals surface area contributed by atoms with Crippen LogP contribution in [0.4, 0.5) is 0 Å². The highest BCUT2D eigenvalue weighted by atomic mass is 16.3. The Morgan fingerprint density at radius 1 is 1.07 bits per heavy atom. The van der Waals surface area contributed by atoms with E-state index in [-0.39, 0.29) is 12.2 Å². The van der Waals surface area contributed by atoms with Crippen LogP contribution in [0.25, 0.3) is 0 Å². The highest BCUT2D eigenvalue weighted by molar-refractivity contribution is 5.25. The molecule has 2 nitrogen and oxygen atoms in total. The van der Waals surface area contributed by atoms with E-state index in [4.69, 9.17) is 0 Å². The predicted molar refractivity (Wildman–Crippen MR) is 127 cm³/mol. The third kappa shape index (κ3) is 4.20. The molecule has 172 valence electrons. The lowest BCUT2D eigenvalue weighted by atomic mass is 9.47. The molecule has 8 atom stereocenters.